The number of aromatic nitrogens is 2. The van der Waals surface area contributed by atoms with Gasteiger partial charge in [0.25, 0.3) is 5.91 Å². The zero-order valence-electron chi connectivity index (χ0n) is 17.6. The molecular weight excluding hydrogens is 414 g/mol. The highest BCUT2D eigenvalue weighted by Crippen LogP contribution is 2.22. The molecule has 0 bridgehead atoms. The Labute approximate surface area is 183 Å². The van der Waals surface area contributed by atoms with Crippen molar-refractivity contribution in [3.05, 3.63) is 53.9 Å². The van der Waals surface area contributed by atoms with Crippen LogP contribution >= 0.6 is 0 Å². The first-order chi connectivity index (χ1) is 15.3. The van der Waals surface area contributed by atoms with Crippen LogP contribution in [0.15, 0.2) is 41.1 Å². The number of carbonyl (C=O) groups is 3. The number of carboxylic acid groups (broad SMARTS) is 1. The Morgan fingerprint density at radius 2 is 2.16 bits per heavy atom. The zero-order chi connectivity index (χ0) is 22.8. The number of nitrogens with zero attached hydrogens (tertiary/aromatic N) is 2. The number of carboxylic acids is 1. The molecule has 3 atom stereocenters. The Bertz CT molecular complexity index is 1150. The topological polar surface area (TPSA) is 155 Å². The molecule has 0 unspecified atom stereocenters. The van der Waals surface area contributed by atoms with E-state index in [4.69, 9.17) is 10.2 Å². The van der Waals surface area contributed by atoms with Crippen molar-refractivity contribution in [1.29, 1.82) is 0 Å². The Kier molecular flexibility index (Phi) is 5.95. The third-order valence-corrected chi connectivity index (χ3v) is 5.66. The molecule has 1 saturated heterocycles. The molecule has 32 heavy (non-hydrogen) atoms. The lowest BCUT2D eigenvalue weighted by atomic mass is 10.0. The molecule has 0 aliphatic carbocycles. The minimum absolute atomic E-state index is 0.0746. The number of aliphatic carboxylic acids is 1. The summed E-state index contributed by atoms with van der Waals surface area (Å²) >= 11 is 0. The number of fused-ring (bicyclic) bond motifs is 1. The Hall–Kier alpha value is -3.66. The monoisotopic (exact) mass is 439 g/mol. The van der Waals surface area contributed by atoms with Gasteiger partial charge in [-0.3, -0.25) is 9.59 Å². The molecule has 10 nitrogen and oxygen atoms in total. The molecule has 3 aromatic rings. The molecule has 1 aromatic carbocycles. The third-order valence-electron chi connectivity index (χ3n) is 5.66. The number of para-hydroxylation sites is 1. The van der Waals surface area contributed by atoms with Gasteiger partial charge in [0.15, 0.2) is 5.69 Å². The molecular formula is C22H25N5O5. The van der Waals surface area contributed by atoms with Crippen molar-refractivity contribution in [3.63, 3.8) is 0 Å². The highest BCUT2D eigenvalue weighted by atomic mass is 16.4. The molecule has 168 valence electrons. The number of rotatable bonds is 7. The number of amides is 2. The Morgan fingerprint density at radius 1 is 1.38 bits per heavy atom. The molecule has 1 fully saturated rings. The summed E-state index contributed by atoms with van der Waals surface area (Å²) in [5.74, 6) is -1.85. The lowest BCUT2D eigenvalue weighted by Crippen LogP contribution is -2.51. The average Bonchev–Trinajstić information content (AvgIpc) is 3.52. The van der Waals surface area contributed by atoms with Gasteiger partial charge in [0, 0.05) is 30.1 Å². The number of nitrogens with one attached hydrogen (secondary N) is 2. The summed E-state index contributed by atoms with van der Waals surface area (Å²) in [5.41, 5.74) is 7.48. The second kappa shape index (κ2) is 8.83. The molecule has 10 heteroatoms. The number of likely N-dealkylation sites (tertiary alicyclic amines) is 1. The van der Waals surface area contributed by atoms with E-state index in [9.17, 15) is 19.5 Å². The van der Waals surface area contributed by atoms with Crippen molar-refractivity contribution in [2.24, 2.45) is 5.73 Å². The Morgan fingerprint density at radius 3 is 2.88 bits per heavy atom. The van der Waals surface area contributed by atoms with Crippen molar-refractivity contribution >= 4 is 28.7 Å². The summed E-state index contributed by atoms with van der Waals surface area (Å²) in [6, 6.07) is 5.19. The fraction of sp³-hybridized carbons (Fsp3) is 0.364. The van der Waals surface area contributed by atoms with Crippen LogP contribution in [-0.2, 0) is 16.0 Å². The van der Waals surface area contributed by atoms with Gasteiger partial charge in [-0.1, -0.05) is 18.2 Å². The van der Waals surface area contributed by atoms with Crippen molar-refractivity contribution < 1.29 is 23.9 Å². The van der Waals surface area contributed by atoms with Crippen LogP contribution in [0.4, 0.5) is 0 Å². The summed E-state index contributed by atoms with van der Waals surface area (Å²) in [4.78, 5) is 46.3. The van der Waals surface area contributed by atoms with E-state index in [2.05, 4.69) is 15.3 Å². The maximum Gasteiger partial charge on any atom is 0.326 e. The predicted octanol–water partition coefficient (Wildman–Crippen LogP) is 1.59. The number of hydrogen-bond donors (Lipinski definition) is 4. The predicted molar refractivity (Wildman–Crippen MR) is 115 cm³/mol. The van der Waals surface area contributed by atoms with Crippen LogP contribution in [0.25, 0.3) is 10.9 Å². The van der Waals surface area contributed by atoms with Gasteiger partial charge in [0.1, 0.15) is 18.3 Å². The van der Waals surface area contributed by atoms with Gasteiger partial charge in [0.2, 0.25) is 11.8 Å². The van der Waals surface area contributed by atoms with Crippen LogP contribution in [0.2, 0.25) is 0 Å². The average molecular weight is 439 g/mol. The van der Waals surface area contributed by atoms with Crippen molar-refractivity contribution in [2.75, 3.05) is 6.54 Å². The maximum atomic E-state index is 13.0. The number of oxazole rings is 1. The first-order valence-electron chi connectivity index (χ1n) is 10.4. The van der Waals surface area contributed by atoms with Gasteiger partial charge in [-0.2, -0.15) is 0 Å². The van der Waals surface area contributed by atoms with Crippen molar-refractivity contribution in [2.45, 2.75) is 44.3 Å². The molecule has 0 saturated carbocycles. The second-order valence-corrected chi connectivity index (χ2v) is 7.98. The molecule has 4 rings (SSSR count). The van der Waals surface area contributed by atoms with E-state index in [-0.39, 0.29) is 18.0 Å². The molecule has 1 aliphatic rings. The summed E-state index contributed by atoms with van der Waals surface area (Å²) in [5, 5.41) is 13.2. The number of nitrogens with two attached hydrogens (primary N) is 1. The summed E-state index contributed by atoms with van der Waals surface area (Å²) < 4.78 is 5.23. The van der Waals surface area contributed by atoms with E-state index in [0.29, 0.717) is 19.4 Å². The van der Waals surface area contributed by atoms with E-state index >= 15 is 0 Å². The highest BCUT2D eigenvalue weighted by molar-refractivity contribution is 5.97. The van der Waals surface area contributed by atoms with Crippen LogP contribution in [-0.4, -0.2) is 56.4 Å². The number of carbonyl (C=O) groups excluding carboxylic acids is 2. The quantitative estimate of drug-likeness (QED) is 0.436. The number of benzene rings is 1. The first-order valence-corrected chi connectivity index (χ1v) is 10.4. The molecule has 5 N–H and O–H groups in total. The normalized spacial score (nSPS) is 17.9. The maximum absolute atomic E-state index is 13.0. The van der Waals surface area contributed by atoms with Gasteiger partial charge >= 0.3 is 5.97 Å². The van der Waals surface area contributed by atoms with E-state index in [0.717, 1.165) is 16.5 Å². The number of H-pyrrole nitrogens is 1. The number of aromatic amines is 1. The van der Waals surface area contributed by atoms with Crippen LogP contribution < -0.4 is 11.1 Å². The SMILES string of the molecule is C[C@H](N)c1nc(C(=O)N2CCC[C@H]2C(=O)N[C@@H](Cc2c[nH]c3ccccc23)C(=O)O)co1. The highest BCUT2D eigenvalue weighted by Gasteiger charge is 2.37. The zero-order valence-corrected chi connectivity index (χ0v) is 17.6. The third kappa shape index (κ3) is 4.22. The van der Waals surface area contributed by atoms with Crippen molar-refractivity contribution in [1.82, 2.24) is 20.2 Å². The summed E-state index contributed by atoms with van der Waals surface area (Å²) in [6.07, 6.45) is 4.16. The van der Waals surface area contributed by atoms with Crippen LogP contribution in [0, 0.1) is 0 Å². The molecule has 3 heterocycles. The van der Waals surface area contributed by atoms with Crippen LogP contribution in [0.1, 0.15) is 47.7 Å². The van der Waals surface area contributed by atoms with Gasteiger partial charge < -0.3 is 30.5 Å². The summed E-state index contributed by atoms with van der Waals surface area (Å²) in [6.45, 7) is 2.06. The fourth-order valence-electron chi connectivity index (χ4n) is 4.01. The van der Waals surface area contributed by atoms with Gasteiger partial charge in [-0.25, -0.2) is 9.78 Å². The molecule has 2 aromatic heterocycles. The lowest BCUT2D eigenvalue weighted by Gasteiger charge is -2.24. The minimum Gasteiger partial charge on any atom is -0.480 e. The molecule has 0 radical (unpaired) electrons. The molecule has 0 spiro atoms. The Balaban J connectivity index is 1.47. The molecule has 2 amide bonds. The van der Waals surface area contributed by atoms with E-state index in [1.54, 1.807) is 13.1 Å². The summed E-state index contributed by atoms with van der Waals surface area (Å²) in [7, 11) is 0. The van der Waals surface area contributed by atoms with E-state index in [1.165, 1.54) is 11.2 Å². The minimum atomic E-state index is -1.14. The van der Waals surface area contributed by atoms with Gasteiger partial charge in [-0.15, -0.1) is 0 Å². The first kappa shape index (κ1) is 21.6. The number of hydrogen-bond acceptors (Lipinski definition) is 6. The smallest absolute Gasteiger partial charge is 0.326 e. The van der Waals surface area contributed by atoms with Crippen LogP contribution in [0.5, 0.6) is 0 Å². The standard InChI is InChI=1S/C22H25N5O5/c1-12(23)20-26-17(11-32-20)21(29)27-8-4-7-18(27)19(28)25-16(22(30)31)9-13-10-24-15-6-3-2-5-14(13)15/h2-3,5-6,10-12,16,18,24H,4,7-9,23H2,1H3,(H,25,28)(H,30,31)/t12-,16-,18-/m0/s1. The van der Waals surface area contributed by atoms with Gasteiger partial charge in [-0.05, 0) is 31.4 Å². The fourth-order valence-corrected chi connectivity index (χ4v) is 4.01. The largest absolute Gasteiger partial charge is 0.480 e. The lowest BCUT2D eigenvalue weighted by molar-refractivity contribution is -0.142. The van der Waals surface area contributed by atoms with Crippen LogP contribution in [0.3, 0.4) is 0 Å². The van der Waals surface area contributed by atoms with Crippen molar-refractivity contribution in [3.8, 4) is 0 Å². The van der Waals surface area contributed by atoms with Gasteiger partial charge in [0.05, 0.1) is 6.04 Å². The molecule has 1 aliphatic heterocycles. The van der Waals surface area contributed by atoms with E-state index in [1.807, 2.05) is 24.3 Å². The van der Waals surface area contributed by atoms with E-state index < -0.39 is 35.9 Å². The second-order valence-electron chi connectivity index (χ2n) is 7.98.